The van der Waals surface area contributed by atoms with Crippen molar-refractivity contribution in [3.8, 4) is 5.75 Å². The van der Waals surface area contributed by atoms with Gasteiger partial charge in [0, 0.05) is 25.6 Å². The zero-order valence-corrected chi connectivity index (χ0v) is 14.5. The number of benzene rings is 1. The minimum Gasteiger partial charge on any atom is -0.507 e. The number of amides is 1. The summed E-state index contributed by atoms with van der Waals surface area (Å²) < 4.78 is 0. The van der Waals surface area contributed by atoms with Crippen LogP contribution in [0.5, 0.6) is 5.75 Å². The first-order valence-corrected chi connectivity index (χ1v) is 8.26. The fraction of sp³-hybridized carbons (Fsp3) is 0.556. The number of carboxylic acid groups (broad SMARTS) is 1. The number of likely N-dealkylation sites (tertiary alicyclic amines) is 1. The van der Waals surface area contributed by atoms with Crippen molar-refractivity contribution in [2.45, 2.75) is 32.2 Å². The molecule has 0 bridgehead atoms. The molecule has 1 saturated heterocycles. The number of carbonyl (C=O) groups excluding carboxylic acids is 1. The number of aliphatic carboxylic acids is 1. The van der Waals surface area contributed by atoms with Gasteiger partial charge in [0.05, 0.1) is 5.56 Å². The van der Waals surface area contributed by atoms with Gasteiger partial charge in [0.1, 0.15) is 5.75 Å². The van der Waals surface area contributed by atoms with Gasteiger partial charge in [0.2, 0.25) is 0 Å². The average Bonchev–Trinajstić information content (AvgIpc) is 2.51. The highest BCUT2D eigenvalue weighted by atomic mass is 16.4. The lowest BCUT2D eigenvalue weighted by Gasteiger charge is -2.41. The third-order valence-electron chi connectivity index (χ3n) is 4.76. The summed E-state index contributed by atoms with van der Waals surface area (Å²) in [4.78, 5) is 27.5. The third kappa shape index (κ3) is 4.26. The Morgan fingerprint density at radius 3 is 2.62 bits per heavy atom. The van der Waals surface area contributed by atoms with E-state index >= 15 is 0 Å². The lowest BCUT2D eigenvalue weighted by Crippen LogP contribution is -2.50. The van der Waals surface area contributed by atoms with E-state index in [1.807, 2.05) is 21.0 Å². The van der Waals surface area contributed by atoms with Gasteiger partial charge in [-0.25, -0.2) is 0 Å². The van der Waals surface area contributed by atoms with Crippen LogP contribution < -0.4 is 0 Å². The van der Waals surface area contributed by atoms with E-state index in [0.717, 1.165) is 12.0 Å². The Balaban J connectivity index is 2.13. The molecule has 1 aromatic rings. The van der Waals surface area contributed by atoms with Crippen LogP contribution in [0.15, 0.2) is 18.2 Å². The molecule has 6 nitrogen and oxygen atoms in total. The first-order chi connectivity index (χ1) is 11.3. The molecule has 2 N–H and O–H groups in total. The molecule has 0 spiro atoms. The van der Waals surface area contributed by atoms with Gasteiger partial charge in [-0.15, -0.1) is 0 Å². The predicted molar refractivity (Wildman–Crippen MR) is 91.2 cm³/mol. The third-order valence-corrected chi connectivity index (χ3v) is 4.76. The molecule has 2 atom stereocenters. The molecule has 0 aromatic heterocycles. The summed E-state index contributed by atoms with van der Waals surface area (Å²) in [6, 6.07) is 5.31. The largest absolute Gasteiger partial charge is 0.507 e. The standard InChI is InChI=1S/C18H26N2O4/c1-12-4-6-14(16(21)10-12)18(24)20-9-8-15(19(2)3)13(11-20)5-7-17(22)23/h4,6,10,13,15,21H,5,7-9,11H2,1-3H3,(H,22,23)/t13-,15+/m0/s1. The van der Waals surface area contributed by atoms with Gasteiger partial charge in [0.15, 0.2) is 0 Å². The lowest BCUT2D eigenvalue weighted by atomic mass is 9.87. The summed E-state index contributed by atoms with van der Waals surface area (Å²) in [7, 11) is 3.98. The topological polar surface area (TPSA) is 81.1 Å². The van der Waals surface area contributed by atoms with Gasteiger partial charge in [-0.1, -0.05) is 6.07 Å². The van der Waals surface area contributed by atoms with Gasteiger partial charge >= 0.3 is 5.97 Å². The van der Waals surface area contributed by atoms with Crippen LogP contribution in [0.3, 0.4) is 0 Å². The summed E-state index contributed by atoms with van der Waals surface area (Å²) in [5, 5.41) is 19.0. The van der Waals surface area contributed by atoms with E-state index in [9.17, 15) is 14.7 Å². The number of aryl methyl sites for hydroxylation is 1. The molecule has 1 fully saturated rings. The van der Waals surface area contributed by atoms with Gasteiger partial charge in [0.25, 0.3) is 5.91 Å². The van der Waals surface area contributed by atoms with Crippen LogP contribution in [0.1, 0.15) is 35.2 Å². The Morgan fingerprint density at radius 2 is 2.04 bits per heavy atom. The van der Waals surface area contributed by atoms with Crippen molar-refractivity contribution in [3.63, 3.8) is 0 Å². The minimum absolute atomic E-state index is 0.00295. The number of aromatic hydroxyl groups is 1. The first kappa shape index (κ1) is 18.3. The van der Waals surface area contributed by atoms with E-state index in [1.54, 1.807) is 23.1 Å². The number of phenols is 1. The average molecular weight is 334 g/mol. The van der Waals surface area contributed by atoms with Crippen LogP contribution in [0.4, 0.5) is 0 Å². The highest BCUT2D eigenvalue weighted by Crippen LogP contribution is 2.28. The number of rotatable bonds is 5. The molecule has 1 aliphatic rings. The maximum absolute atomic E-state index is 12.7. The molecule has 0 saturated carbocycles. The van der Waals surface area contributed by atoms with Crippen LogP contribution >= 0.6 is 0 Å². The maximum Gasteiger partial charge on any atom is 0.303 e. The van der Waals surface area contributed by atoms with Crippen molar-refractivity contribution in [3.05, 3.63) is 29.3 Å². The lowest BCUT2D eigenvalue weighted by molar-refractivity contribution is -0.137. The smallest absolute Gasteiger partial charge is 0.303 e. The fourth-order valence-corrected chi connectivity index (χ4v) is 3.47. The number of nitrogens with zero attached hydrogens (tertiary/aromatic N) is 2. The van der Waals surface area contributed by atoms with E-state index in [2.05, 4.69) is 4.90 Å². The molecule has 132 valence electrons. The van der Waals surface area contributed by atoms with Gasteiger partial charge in [-0.05, 0) is 57.5 Å². The van der Waals surface area contributed by atoms with Crippen molar-refractivity contribution >= 4 is 11.9 Å². The van der Waals surface area contributed by atoms with Gasteiger partial charge in [-0.3, -0.25) is 9.59 Å². The molecular weight excluding hydrogens is 308 g/mol. The van der Waals surface area contributed by atoms with E-state index < -0.39 is 5.97 Å². The fourth-order valence-electron chi connectivity index (χ4n) is 3.47. The number of carboxylic acids is 1. The number of carbonyl (C=O) groups is 2. The van der Waals surface area contributed by atoms with E-state index in [-0.39, 0.29) is 30.0 Å². The van der Waals surface area contributed by atoms with Crippen molar-refractivity contribution in [1.82, 2.24) is 9.80 Å². The van der Waals surface area contributed by atoms with E-state index in [0.29, 0.717) is 25.1 Å². The summed E-state index contributed by atoms with van der Waals surface area (Å²) in [5.41, 5.74) is 1.20. The van der Waals surface area contributed by atoms with E-state index in [1.165, 1.54) is 0 Å². The number of hydrogen-bond donors (Lipinski definition) is 2. The predicted octanol–water partition coefficient (Wildman–Crippen LogP) is 1.96. The van der Waals surface area contributed by atoms with Crippen LogP contribution in [-0.2, 0) is 4.79 Å². The van der Waals surface area contributed by atoms with Gasteiger partial charge < -0.3 is 20.0 Å². The molecule has 1 aromatic carbocycles. The van der Waals surface area contributed by atoms with Crippen LogP contribution in [0.25, 0.3) is 0 Å². The number of hydrogen-bond acceptors (Lipinski definition) is 4. The molecule has 2 rings (SSSR count). The zero-order chi connectivity index (χ0) is 17.9. The highest BCUT2D eigenvalue weighted by Gasteiger charge is 2.33. The summed E-state index contributed by atoms with van der Waals surface area (Å²) in [5.74, 6) is -0.893. The van der Waals surface area contributed by atoms with E-state index in [4.69, 9.17) is 5.11 Å². The Labute approximate surface area is 142 Å². The zero-order valence-electron chi connectivity index (χ0n) is 14.5. The van der Waals surface area contributed by atoms with Crippen LogP contribution in [0, 0.1) is 12.8 Å². The molecule has 0 unspecified atom stereocenters. The van der Waals surface area contributed by atoms with Crippen LogP contribution in [-0.4, -0.2) is 65.1 Å². The second kappa shape index (κ2) is 7.66. The normalized spacial score (nSPS) is 21.1. The molecule has 0 radical (unpaired) electrons. The summed E-state index contributed by atoms with van der Waals surface area (Å²) in [6.45, 7) is 2.99. The Morgan fingerprint density at radius 1 is 1.33 bits per heavy atom. The summed E-state index contributed by atoms with van der Waals surface area (Å²) in [6.07, 6.45) is 1.45. The summed E-state index contributed by atoms with van der Waals surface area (Å²) >= 11 is 0. The second-order valence-corrected chi connectivity index (χ2v) is 6.78. The monoisotopic (exact) mass is 334 g/mol. The highest BCUT2D eigenvalue weighted by molar-refractivity contribution is 5.97. The molecular formula is C18H26N2O4. The van der Waals surface area contributed by atoms with Crippen molar-refractivity contribution < 1.29 is 19.8 Å². The maximum atomic E-state index is 12.7. The molecule has 1 aliphatic heterocycles. The number of piperidine rings is 1. The molecule has 24 heavy (non-hydrogen) atoms. The molecule has 1 heterocycles. The minimum atomic E-state index is -0.813. The van der Waals surface area contributed by atoms with Crippen LogP contribution in [0.2, 0.25) is 0 Å². The first-order valence-electron chi connectivity index (χ1n) is 8.26. The van der Waals surface area contributed by atoms with Gasteiger partial charge in [-0.2, -0.15) is 0 Å². The molecule has 1 amide bonds. The quantitative estimate of drug-likeness (QED) is 0.860. The van der Waals surface area contributed by atoms with Crippen molar-refractivity contribution in [1.29, 1.82) is 0 Å². The van der Waals surface area contributed by atoms with Crippen molar-refractivity contribution in [2.75, 3.05) is 27.2 Å². The molecule has 0 aliphatic carbocycles. The Bertz CT molecular complexity index is 615. The SMILES string of the molecule is Cc1ccc(C(=O)N2CC[C@@H](N(C)C)[C@@H](CCC(=O)O)C2)c(O)c1. The molecule has 6 heteroatoms. The Kier molecular flexibility index (Phi) is 5.83. The number of phenolic OH excluding ortho intramolecular Hbond substituents is 1. The Hall–Kier alpha value is -2.08. The van der Waals surface area contributed by atoms with Crippen molar-refractivity contribution in [2.24, 2.45) is 5.92 Å². The second-order valence-electron chi connectivity index (χ2n) is 6.78.